The number of nitrogens with two attached hydrogens (primary N) is 1. The highest BCUT2D eigenvalue weighted by Crippen LogP contribution is 2.24. The van der Waals surface area contributed by atoms with Gasteiger partial charge in [0.1, 0.15) is 0 Å². The molecule has 0 aliphatic carbocycles. The van der Waals surface area contributed by atoms with Gasteiger partial charge in [-0.25, -0.2) is 0 Å². The predicted octanol–water partition coefficient (Wildman–Crippen LogP) is 1.73. The number of halogens is 1. The second-order valence-electron chi connectivity index (χ2n) is 5.96. The summed E-state index contributed by atoms with van der Waals surface area (Å²) in [4.78, 5) is 26.3. The molecule has 0 aromatic heterocycles. The third-order valence-electron chi connectivity index (χ3n) is 4.46. The van der Waals surface area contributed by atoms with Crippen molar-refractivity contribution in [3.8, 4) is 0 Å². The Bertz CT molecular complexity index is 524. The van der Waals surface area contributed by atoms with E-state index in [1.807, 2.05) is 37.3 Å². The van der Waals surface area contributed by atoms with Crippen molar-refractivity contribution in [1.82, 2.24) is 10.2 Å². The molecular formula is C17H26ClN3O2. The van der Waals surface area contributed by atoms with Gasteiger partial charge in [-0.05, 0) is 18.4 Å². The molecule has 128 valence electrons. The first kappa shape index (κ1) is 19.5. The van der Waals surface area contributed by atoms with Gasteiger partial charge in [-0.2, -0.15) is 0 Å². The van der Waals surface area contributed by atoms with Gasteiger partial charge in [0.2, 0.25) is 11.8 Å². The molecule has 0 bridgehead atoms. The van der Waals surface area contributed by atoms with Crippen LogP contribution in [0.4, 0.5) is 0 Å². The van der Waals surface area contributed by atoms with Crippen molar-refractivity contribution < 1.29 is 9.59 Å². The number of amides is 2. The van der Waals surface area contributed by atoms with E-state index in [1.165, 1.54) is 0 Å². The summed E-state index contributed by atoms with van der Waals surface area (Å²) in [7, 11) is 1.64. The van der Waals surface area contributed by atoms with E-state index < -0.39 is 0 Å². The maximum atomic E-state index is 12.7. The molecule has 1 aliphatic rings. The van der Waals surface area contributed by atoms with Gasteiger partial charge < -0.3 is 16.0 Å². The van der Waals surface area contributed by atoms with Crippen LogP contribution in [-0.2, 0) is 9.59 Å². The summed E-state index contributed by atoms with van der Waals surface area (Å²) in [5, 5.41) is 2.67. The quantitative estimate of drug-likeness (QED) is 0.877. The Labute approximate surface area is 144 Å². The van der Waals surface area contributed by atoms with Crippen LogP contribution in [0, 0.1) is 11.8 Å². The van der Waals surface area contributed by atoms with Crippen molar-refractivity contribution in [2.75, 3.05) is 20.1 Å². The Morgan fingerprint density at radius 2 is 1.96 bits per heavy atom. The molecule has 3 atom stereocenters. The van der Waals surface area contributed by atoms with Crippen molar-refractivity contribution >= 4 is 24.2 Å². The fourth-order valence-corrected chi connectivity index (χ4v) is 3.00. The molecule has 5 nitrogen and oxygen atoms in total. The Balaban J connectivity index is 0.00000264. The van der Waals surface area contributed by atoms with Crippen molar-refractivity contribution in [2.24, 2.45) is 17.6 Å². The van der Waals surface area contributed by atoms with E-state index >= 15 is 0 Å². The zero-order valence-electron chi connectivity index (χ0n) is 13.7. The molecule has 6 heteroatoms. The molecule has 1 saturated heterocycles. The summed E-state index contributed by atoms with van der Waals surface area (Å²) in [5.74, 6) is -0.365. The molecule has 1 aliphatic heterocycles. The minimum absolute atomic E-state index is 0. The average Bonchev–Trinajstić information content (AvgIpc) is 2.59. The van der Waals surface area contributed by atoms with E-state index in [0.29, 0.717) is 13.1 Å². The van der Waals surface area contributed by atoms with Gasteiger partial charge in [-0.15, -0.1) is 12.4 Å². The highest BCUT2D eigenvalue weighted by molar-refractivity contribution is 5.85. The molecule has 0 radical (unpaired) electrons. The van der Waals surface area contributed by atoms with Gasteiger partial charge in [0.25, 0.3) is 0 Å². The Morgan fingerprint density at radius 1 is 1.30 bits per heavy atom. The lowest BCUT2D eigenvalue weighted by molar-refractivity contribution is -0.139. The normalized spacial score (nSPS) is 20.1. The van der Waals surface area contributed by atoms with Crippen molar-refractivity contribution in [2.45, 2.75) is 25.8 Å². The van der Waals surface area contributed by atoms with Crippen LogP contribution < -0.4 is 11.1 Å². The van der Waals surface area contributed by atoms with E-state index in [0.717, 1.165) is 18.4 Å². The second-order valence-corrected chi connectivity index (χ2v) is 5.96. The van der Waals surface area contributed by atoms with Crippen LogP contribution in [-0.4, -0.2) is 36.9 Å². The van der Waals surface area contributed by atoms with Gasteiger partial charge in [-0.1, -0.05) is 37.3 Å². The van der Waals surface area contributed by atoms with Gasteiger partial charge in [0, 0.05) is 26.2 Å². The molecule has 0 saturated carbocycles. The van der Waals surface area contributed by atoms with Crippen LogP contribution in [0.15, 0.2) is 30.3 Å². The van der Waals surface area contributed by atoms with Gasteiger partial charge in [0.15, 0.2) is 0 Å². The number of piperidine rings is 1. The van der Waals surface area contributed by atoms with Crippen LogP contribution in [0.25, 0.3) is 0 Å². The number of hydrogen-bond donors (Lipinski definition) is 2. The summed E-state index contributed by atoms with van der Waals surface area (Å²) in [6.07, 6.45) is 1.69. The van der Waals surface area contributed by atoms with Crippen molar-refractivity contribution in [3.63, 3.8) is 0 Å². The minimum Gasteiger partial charge on any atom is -0.359 e. The lowest BCUT2D eigenvalue weighted by Crippen LogP contribution is -2.47. The lowest BCUT2D eigenvalue weighted by Gasteiger charge is -2.34. The lowest BCUT2D eigenvalue weighted by atomic mass is 9.91. The summed E-state index contributed by atoms with van der Waals surface area (Å²) in [6, 6.07) is 9.34. The SMILES string of the molecule is CNC(=O)C1CCCN(C(=O)C(C)C(N)c2ccccc2)C1.Cl. The third-order valence-corrected chi connectivity index (χ3v) is 4.46. The molecule has 0 spiro atoms. The molecular weight excluding hydrogens is 314 g/mol. The number of nitrogens with one attached hydrogen (secondary N) is 1. The zero-order valence-corrected chi connectivity index (χ0v) is 14.5. The van der Waals surface area contributed by atoms with E-state index in [-0.39, 0.29) is 42.1 Å². The number of carbonyl (C=O) groups is 2. The van der Waals surface area contributed by atoms with Gasteiger partial charge >= 0.3 is 0 Å². The number of carbonyl (C=O) groups excluding carboxylic acids is 2. The van der Waals surface area contributed by atoms with Crippen molar-refractivity contribution in [3.05, 3.63) is 35.9 Å². The van der Waals surface area contributed by atoms with Crippen LogP contribution in [0.5, 0.6) is 0 Å². The van der Waals surface area contributed by atoms with Crippen LogP contribution >= 0.6 is 12.4 Å². The highest BCUT2D eigenvalue weighted by atomic mass is 35.5. The van der Waals surface area contributed by atoms with Crippen molar-refractivity contribution in [1.29, 1.82) is 0 Å². The standard InChI is InChI=1S/C17H25N3O2.ClH/c1-12(15(18)13-7-4-3-5-8-13)17(22)20-10-6-9-14(11-20)16(21)19-2;/h3-5,7-8,12,14-15H,6,9-11,18H2,1-2H3,(H,19,21);1H. The van der Waals surface area contributed by atoms with Crippen LogP contribution in [0.1, 0.15) is 31.4 Å². The average molecular weight is 340 g/mol. The van der Waals surface area contributed by atoms with Gasteiger partial charge in [-0.3, -0.25) is 9.59 Å². The molecule has 3 unspecified atom stereocenters. The first-order valence-corrected chi connectivity index (χ1v) is 7.85. The van der Waals surface area contributed by atoms with E-state index in [4.69, 9.17) is 5.73 Å². The monoisotopic (exact) mass is 339 g/mol. The number of hydrogen-bond acceptors (Lipinski definition) is 3. The number of nitrogens with zero attached hydrogens (tertiary/aromatic N) is 1. The van der Waals surface area contributed by atoms with E-state index in [1.54, 1.807) is 11.9 Å². The van der Waals surface area contributed by atoms with Crippen LogP contribution in [0.2, 0.25) is 0 Å². The first-order chi connectivity index (χ1) is 10.5. The molecule has 1 aromatic rings. The predicted molar refractivity (Wildman–Crippen MR) is 93.2 cm³/mol. The fourth-order valence-electron chi connectivity index (χ4n) is 3.00. The first-order valence-electron chi connectivity index (χ1n) is 7.85. The number of likely N-dealkylation sites (tertiary alicyclic amines) is 1. The Kier molecular flexibility index (Phi) is 7.52. The molecule has 3 N–H and O–H groups in total. The molecule has 2 rings (SSSR count). The zero-order chi connectivity index (χ0) is 16.1. The maximum absolute atomic E-state index is 12.7. The molecule has 1 aromatic carbocycles. The summed E-state index contributed by atoms with van der Waals surface area (Å²) >= 11 is 0. The molecule has 23 heavy (non-hydrogen) atoms. The van der Waals surface area contributed by atoms with E-state index in [9.17, 15) is 9.59 Å². The Morgan fingerprint density at radius 3 is 2.57 bits per heavy atom. The maximum Gasteiger partial charge on any atom is 0.227 e. The largest absolute Gasteiger partial charge is 0.359 e. The van der Waals surface area contributed by atoms with Gasteiger partial charge in [0.05, 0.1) is 11.8 Å². The second kappa shape index (κ2) is 8.89. The molecule has 2 amide bonds. The minimum atomic E-state index is -0.325. The summed E-state index contributed by atoms with van der Waals surface area (Å²) in [5.41, 5.74) is 7.20. The van der Waals surface area contributed by atoms with E-state index in [2.05, 4.69) is 5.32 Å². The summed E-state index contributed by atoms with van der Waals surface area (Å²) < 4.78 is 0. The summed E-state index contributed by atoms with van der Waals surface area (Å²) in [6.45, 7) is 3.06. The topological polar surface area (TPSA) is 75.4 Å². The van der Waals surface area contributed by atoms with Crippen LogP contribution in [0.3, 0.4) is 0 Å². The molecule has 1 heterocycles. The number of benzene rings is 1. The highest BCUT2D eigenvalue weighted by Gasteiger charge is 2.32. The fraction of sp³-hybridized carbons (Fsp3) is 0.529. The third kappa shape index (κ3) is 4.69. The Hall–Kier alpha value is -1.59. The number of rotatable bonds is 4. The molecule has 1 fully saturated rings. The smallest absolute Gasteiger partial charge is 0.227 e.